The molecule has 0 saturated heterocycles. The number of hydrogen-bond acceptors (Lipinski definition) is 5. The molecule has 0 aliphatic rings. The van der Waals surface area contributed by atoms with E-state index in [-0.39, 0.29) is 5.91 Å². The fraction of sp³-hybridized carbons (Fsp3) is 0.136. The summed E-state index contributed by atoms with van der Waals surface area (Å²) in [6.07, 6.45) is 2.69. The first-order valence-electron chi connectivity index (χ1n) is 9.00. The maximum absolute atomic E-state index is 12.2. The second-order valence-corrected chi connectivity index (χ2v) is 6.50. The van der Waals surface area contributed by atoms with Gasteiger partial charge in [0.15, 0.2) is 5.76 Å². The van der Waals surface area contributed by atoms with Gasteiger partial charge in [0.25, 0.3) is 5.89 Å². The monoisotopic (exact) mass is 373 g/mol. The van der Waals surface area contributed by atoms with Crippen LogP contribution in [0.2, 0.25) is 0 Å². The van der Waals surface area contributed by atoms with Crippen LogP contribution >= 0.6 is 0 Å². The summed E-state index contributed by atoms with van der Waals surface area (Å²) < 4.78 is 10.9. The van der Waals surface area contributed by atoms with Gasteiger partial charge in [-0.3, -0.25) is 4.79 Å². The summed E-state index contributed by atoms with van der Waals surface area (Å²) in [6.45, 7) is 2.05. The van der Waals surface area contributed by atoms with Crippen molar-refractivity contribution < 1.29 is 13.6 Å². The molecule has 4 aromatic rings. The number of carbonyl (C=O) groups is 1. The van der Waals surface area contributed by atoms with Crippen LogP contribution in [0.15, 0.2) is 75.8 Å². The number of hydrogen-bond donors (Lipinski definition) is 1. The highest BCUT2D eigenvalue weighted by Crippen LogP contribution is 2.25. The molecule has 0 atom stereocenters. The van der Waals surface area contributed by atoms with Crippen molar-refractivity contribution in [3.63, 3.8) is 0 Å². The summed E-state index contributed by atoms with van der Waals surface area (Å²) in [6, 6.07) is 19.0. The Balaban J connectivity index is 1.35. The van der Waals surface area contributed by atoms with Crippen LogP contribution in [0.3, 0.4) is 0 Å². The zero-order chi connectivity index (χ0) is 19.3. The van der Waals surface area contributed by atoms with Crippen molar-refractivity contribution in [2.45, 2.75) is 19.8 Å². The molecule has 2 aromatic heterocycles. The molecule has 0 fully saturated rings. The highest BCUT2D eigenvalue weighted by Gasteiger charge is 2.12. The third-order valence-electron chi connectivity index (χ3n) is 4.33. The fourth-order valence-electron chi connectivity index (χ4n) is 2.77. The van der Waals surface area contributed by atoms with E-state index in [4.69, 9.17) is 8.83 Å². The standard InChI is InChI=1S/C22H19N3O3/c1-15-4-6-16(7-5-15)8-13-20(26)23-18-11-9-17(10-12-18)21-24-25-22(28-21)19-3-2-14-27-19/h2-7,9-12,14H,8,13H2,1H3,(H,23,26). The predicted octanol–water partition coefficient (Wildman–Crippen LogP) is 4.88. The first-order valence-corrected chi connectivity index (χ1v) is 9.00. The molecule has 0 unspecified atom stereocenters. The third-order valence-corrected chi connectivity index (χ3v) is 4.33. The van der Waals surface area contributed by atoms with Gasteiger partial charge in [0.2, 0.25) is 11.8 Å². The quantitative estimate of drug-likeness (QED) is 0.521. The third kappa shape index (κ3) is 4.17. The molecule has 2 heterocycles. The Bertz CT molecular complexity index is 1050. The zero-order valence-corrected chi connectivity index (χ0v) is 15.4. The number of benzene rings is 2. The topological polar surface area (TPSA) is 81.2 Å². The average molecular weight is 373 g/mol. The molecule has 4 rings (SSSR count). The van der Waals surface area contributed by atoms with Crippen molar-refractivity contribution >= 4 is 11.6 Å². The van der Waals surface area contributed by atoms with Crippen LogP contribution in [0.4, 0.5) is 5.69 Å². The minimum atomic E-state index is -0.0220. The molecule has 0 aliphatic heterocycles. The maximum Gasteiger partial charge on any atom is 0.283 e. The molecule has 28 heavy (non-hydrogen) atoms. The van der Waals surface area contributed by atoms with E-state index in [1.165, 1.54) is 5.56 Å². The molecule has 0 radical (unpaired) electrons. The second-order valence-electron chi connectivity index (χ2n) is 6.50. The van der Waals surface area contributed by atoms with Gasteiger partial charge in [-0.1, -0.05) is 29.8 Å². The lowest BCUT2D eigenvalue weighted by atomic mass is 10.1. The van der Waals surface area contributed by atoms with Crippen LogP contribution in [0.1, 0.15) is 17.5 Å². The normalized spacial score (nSPS) is 10.8. The van der Waals surface area contributed by atoms with Crippen LogP contribution in [0.25, 0.3) is 23.1 Å². The number of carbonyl (C=O) groups excluding carboxylic acids is 1. The van der Waals surface area contributed by atoms with Crippen LogP contribution in [0.5, 0.6) is 0 Å². The van der Waals surface area contributed by atoms with Gasteiger partial charge in [-0.15, -0.1) is 10.2 Å². The summed E-state index contributed by atoms with van der Waals surface area (Å²) in [4.78, 5) is 12.2. The van der Waals surface area contributed by atoms with Gasteiger partial charge in [0.05, 0.1) is 6.26 Å². The molecule has 1 N–H and O–H groups in total. The first kappa shape index (κ1) is 17.7. The zero-order valence-electron chi connectivity index (χ0n) is 15.4. The van der Waals surface area contributed by atoms with Crippen molar-refractivity contribution in [1.29, 1.82) is 0 Å². The Morgan fingerprint density at radius 2 is 1.71 bits per heavy atom. The van der Waals surface area contributed by atoms with E-state index < -0.39 is 0 Å². The molecule has 0 aliphatic carbocycles. The van der Waals surface area contributed by atoms with Crippen LogP contribution in [0, 0.1) is 6.92 Å². The van der Waals surface area contributed by atoms with Crippen molar-refractivity contribution in [2.75, 3.05) is 5.32 Å². The van der Waals surface area contributed by atoms with Gasteiger partial charge in [0.1, 0.15) is 0 Å². The number of furan rings is 1. The van der Waals surface area contributed by atoms with E-state index in [1.54, 1.807) is 18.4 Å². The Labute approximate surface area is 162 Å². The minimum Gasteiger partial charge on any atom is -0.459 e. The van der Waals surface area contributed by atoms with Gasteiger partial charge in [-0.05, 0) is 55.3 Å². The Morgan fingerprint density at radius 1 is 0.964 bits per heavy atom. The number of rotatable bonds is 6. The lowest BCUT2D eigenvalue weighted by Gasteiger charge is -2.06. The highest BCUT2D eigenvalue weighted by atomic mass is 16.4. The van der Waals surface area contributed by atoms with E-state index in [1.807, 2.05) is 31.2 Å². The number of aryl methyl sites for hydroxylation is 2. The minimum absolute atomic E-state index is 0.0220. The summed E-state index contributed by atoms with van der Waals surface area (Å²) >= 11 is 0. The molecule has 0 spiro atoms. The molecule has 6 heteroatoms. The van der Waals surface area contributed by atoms with E-state index in [2.05, 4.69) is 39.8 Å². The van der Waals surface area contributed by atoms with Crippen LogP contribution in [-0.2, 0) is 11.2 Å². The maximum atomic E-state index is 12.2. The summed E-state index contributed by atoms with van der Waals surface area (Å²) in [5, 5.41) is 10.9. The molecule has 0 bridgehead atoms. The lowest BCUT2D eigenvalue weighted by molar-refractivity contribution is -0.116. The molecule has 1 amide bonds. The number of amides is 1. The fourth-order valence-corrected chi connectivity index (χ4v) is 2.77. The van der Waals surface area contributed by atoms with E-state index in [9.17, 15) is 4.79 Å². The highest BCUT2D eigenvalue weighted by molar-refractivity contribution is 5.91. The van der Waals surface area contributed by atoms with E-state index >= 15 is 0 Å². The SMILES string of the molecule is Cc1ccc(CCC(=O)Nc2ccc(-c3nnc(-c4ccco4)o3)cc2)cc1. The summed E-state index contributed by atoms with van der Waals surface area (Å²) in [5.41, 5.74) is 3.86. The average Bonchev–Trinajstić information content (AvgIpc) is 3.40. The smallest absolute Gasteiger partial charge is 0.283 e. The van der Waals surface area contributed by atoms with Crippen LogP contribution < -0.4 is 5.32 Å². The molecular formula is C22H19N3O3. The van der Waals surface area contributed by atoms with Crippen molar-refractivity contribution in [3.8, 4) is 23.1 Å². The van der Waals surface area contributed by atoms with Crippen LogP contribution in [-0.4, -0.2) is 16.1 Å². The van der Waals surface area contributed by atoms with Crippen molar-refractivity contribution in [2.24, 2.45) is 0 Å². The number of nitrogens with one attached hydrogen (secondary N) is 1. The number of aromatic nitrogens is 2. The number of nitrogens with zero attached hydrogens (tertiary/aromatic N) is 2. The van der Waals surface area contributed by atoms with Gasteiger partial charge >= 0.3 is 0 Å². The second kappa shape index (κ2) is 7.92. The lowest BCUT2D eigenvalue weighted by Crippen LogP contribution is -2.12. The van der Waals surface area contributed by atoms with Gasteiger partial charge in [-0.25, -0.2) is 0 Å². The Morgan fingerprint density at radius 3 is 2.43 bits per heavy atom. The molecule has 6 nitrogen and oxygen atoms in total. The molecule has 2 aromatic carbocycles. The first-order chi connectivity index (χ1) is 13.7. The van der Waals surface area contributed by atoms with Crippen molar-refractivity contribution in [3.05, 3.63) is 78.1 Å². The molecule has 140 valence electrons. The Kier molecular flexibility index (Phi) is 5.01. The molecule has 0 saturated carbocycles. The van der Waals surface area contributed by atoms with Gasteiger partial charge < -0.3 is 14.2 Å². The van der Waals surface area contributed by atoms with E-state index in [0.29, 0.717) is 30.4 Å². The summed E-state index contributed by atoms with van der Waals surface area (Å²) in [7, 11) is 0. The predicted molar refractivity (Wildman–Crippen MR) is 106 cm³/mol. The number of anilines is 1. The summed E-state index contributed by atoms with van der Waals surface area (Å²) in [5.74, 6) is 1.22. The largest absolute Gasteiger partial charge is 0.459 e. The van der Waals surface area contributed by atoms with Crippen molar-refractivity contribution in [1.82, 2.24) is 10.2 Å². The van der Waals surface area contributed by atoms with E-state index in [0.717, 1.165) is 16.8 Å². The van der Waals surface area contributed by atoms with Gasteiger partial charge in [0, 0.05) is 17.7 Å². The Hall–Kier alpha value is -3.67. The molecular weight excluding hydrogens is 354 g/mol. The van der Waals surface area contributed by atoms with Gasteiger partial charge in [-0.2, -0.15) is 0 Å².